The summed E-state index contributed by atoms with van der Waals surface area (Å²) in [6.45, 7) is 2.47. The summed E-state index contributed by atoms with van der Waals surface area (Å²) in [4.78, 5) is 11.9. The van der Waals surface area contributed by atoms with Crippen molar-refractivity contribution >= 4 is 27.6 Å². The van der Waals surface area contributed by atoms with Gasteiger partial charge in [-0.2, -0.15) is 4.31 Å². The third-order valence-electron chi connectivity index (χ3n) is 3.75. The predicted octanol–water partition coefficient (Wildman–Crippen LogP) is 2.31. The number of halogens is 1. The minimum absolute atomic E-state index is 0.0111. The Labute approximate surface area is 141 Å². The molecule has 0 bridgehead atoms. The fraction of sp³-hybridized carbons (Fsp3) is 0.533. The highest BCUT2D eigenvalue weighted by atomic mass is 35.5. The summed E-state index contributed by atoms with van der Waals surface area (Å²) < 4.78 is 37.2. The molecule has 0 N–H and O–H groups in total. The molecule has 1 heterocycles. The summed E-state index contributed by atoms with van der Waals surface area (Å²) in [5, 5.41) is 0.309. The van der Waals surface area contributed by atoms with Gasteiger partial charge in [-0.15, -0.1) is 0 Å². The summed E-state index contributed by atoms with van der Waals surface area (Å²) in [5.41, 5.74) is 0. The first-order chi connectivity index (χ1) is 10.9. The van der Waals surface area contributed by atoms with E-state index in [2.05, 4.69) is 0 Å². The highest BCUT2D eigenvalue weighted by Crippen LogP contribution is 2.32. The lowest BCUT2D eigenvalue weighted by molar-refractivity contribution is -0.149. The van der Waals surface area contributed by atoms with Crippen LogP contribution < -0.4 is 4.74 Å². The molecule has 128 valence electrons. The summed E-state index contributed by atoms with van der Waals surface area (Å²) in [6, 6.07) is 4.45. The zero-order valence-electron chi connectivity index (χ0n) is 13.1. The zero-order chi connectivity index (χ0) is 17.0. The second kappa shape index (κ2) is 7.51. The Hall–Kier alpha value is -1.31. The molecule has 0 aromatic heterocycles. The quantitative estimate of drug-likeness (QED) is 0.752. The van der Waals surface area contributed by atoms with Crippen LogP contribution in [0.4, 0.5) is 0 Å². The van der Waals surface area contributed by atoms with Gasteiger partial charge in [0.1, 0.15) is 10.6 Å². The van der Waals surface area contributed by atoms with Crippen LogP contribution >= 0.6 is 11.6 Å². The van der Waals surface area contributed by atoms with Crippen LogP contribution in [0.15, 0.2) is 23.1 Å². The van der Waals surface area contributed by atoms with Crippen LogP contribution in [0.3, 0.4) is 0 Å². The molecule has 8 heteroatoms. The molecule has 1 fully saturated rings. The lowest BCUT2D eigenvalue weighted by Gasteiger charge is -2.31. The van der Waals surface area contributed by atoms with E-state index in [0.29, 0.717) is 24.4 Å². The SMILES string of the molecule is CCOC(=O)C1CCCN(S(=O)(=O)c2cc(Cl)ccc2OC)C1. The van der Waals surface area contributed by atoms with Gasteiger partial charge < -0.3 is 9.47 Å². The van der Waals surface area contributed by atoms with Crippen LogP contribution in [-0.2, 0) is 19.6 Å². The monoisotopic (exact) mass is 361 g/mol. The molecule has 23 heavy (non-hydrogen) atoms. The van der Waals surface area contributed by atoms with E-state index in [9.17, 15) is 13.2 Å². The van der Waals surface area contributed by atoms with Gasteiger partial charge >= 0.3 is 5.97 Å². The van der Waals surface area contributed by atoms with Crippen LogP contribution in [0.5, 0.6) is 5.75 Å². The third-order valence-corrected chi connectivity index (χ3v) is 5.87. The van der Waals surface area contributed by atoms with Crippen LogP contribution in [0.1, 0.15) is 19.8 Å². The molecule has 0 spiro atoms. The van der Waals surface area contributed by atoms with E-state index in [0.717, 1.165) is 0 Å². The van der Waals surface area contributed by atoms with Gasteiger partial charge in [0.25, 0.3) is 0 Å². The van der Waals surface area contributed by atoms with Crippen molar-refractivity contribution in [2.75, 3.05) is 26.8 Å². The van der Waals surface area contributed by atoms with Crippen molar-refractivity contribution in [1.29, 1.82) is 0 Å². The molecule has 2 rings (SSSR count). The number of carbonyl (C=O) groups is 1. The number of esters is 1. The molecule has 1 atom stereocenters. The van der Waals surface area contributed by atoms with Crippen LogP contribution in [0.25, 0.3) is 0 Å². The van der Waals surface area contributed by atoms with E-state index >= 15 is 0 Å². The predicted molar refractivity (Wildman–Crippen MR) is 86.1 cm³/mol. The lowest BCUT2D eigenvalue weighted by atomic mass is 10.0. The molecule has 0 saturated carbocycles. The van der Waals surface area contributed by atoms with Gasteiger partial charge in [-0.05, 0) is 38.0 Å². The number of benzene rings is 1. The second-order valence-corrected chi connectivity index (χ2v) is 7.59. The number of methoxy groups -OCH3 is 1. The van der Waals surface area contributed by atoms with Crippen molar-refractivity contribution in [2.45, 2.75) is 24.7 Å². The van der Waals surface area contributed by atoms with Gasteiger partial charge in [0.15, 0.2) is 0 Å². The standard InChI is InChI=1S/C15H20ClNO5S/c1-3-22-15(18)11-5-4-8-17(10-11)23(19,20)14-9-12(16)6-7-13(14)21-2/h6-7,9,11H,3-5,8,10H2,1-2H3. The average Bonchev–Trinajstić information content (AvgIpc) is 2.55. The summed E-state index contributed by atoms with van der Waals surface area (Å²) in [6.07, 6.45) is 1.23. The van der Waals surface area contributed by atoms with Crippen molar-refractivity contribution in [3.8, 4) is 5.75 Å². The molecular weight excluding hydrogens is 342 g/mol. The van der Waals surface area contributed by atoms with Crippen LogP contribution in [0, 0.1) is 5.92 Å². The van der Waals surface area contributed by atoms with Crippen molar-refractivity contribution in [1.82, 2.24) is 4.31 Å². The van der Waals surface area contributed by atoms with E-state index in [1.807, 2.05) is 0 Å². The molecule has 0 radical (unpaired) electrons. The second-order valence-electron chi connectivity index (χ2n) is 5.25. The van der Waals surface area contributed by atoms with Crippen LogP contribution in [0.2, 0.25) is 5.02 Å². The molecule has 1 unspecified atom stereocenters. The third kappa shape index (κ3) is 3.97. The van der Waals surface area contributed by atoms with E-state index in [-0.39, 0.29) is 29.8 Å². The minimum Gasteiger partial charge on any atom is -0.495 e. The number of hydrogen-bond acceptors (Lipinski definition) is 5. The first-order valence-electron chi connectivity index (χ1n) is 7.40. The molecule has 6 nitrogen and oxygen atoms in total. The van der Waals surface area contributed by atoms with Crippen molar-refractivity contribution < 1.29 is 22.7 Å². The number of rotatable bonds is 5. The number of hydrogen-bond donors (Lipinski definition) is 0. The van der Waals surface area contributed by atoms with Crippen molar-refractivity contribution in [3.63, 3.8) is 0 Å². The summed E-state index contributed by atoms with van der Waals surface area (Å²) >= 11 is 5.93. The maximum Gasteiger partial charge on any atom is 0.310 e. The van der Waals surface area contributed by atoms with Gasteiger partial charge in [-0.3, -0.25) is 4.79 Å². The topological polar surface area (TPSA) is 72.9 Å². The van der Waals surface area contributed by atoms with Gasteiger partial charge in [0, 0.05) is 18.1 Å². The molecular formula is C15H20ClNO5S. The molecule has 1 saturated heterocycles. The van der Waals surface area contributed by atoms with Gasteiger partial charge in [-0.1, -0.05) is 11.6 Å². The summed E-state index contributed by atoms with van der Waals surface area (Å²) in [5.74, 6) is -0.568. The Bertz CT molecular complexity index is 676. The number of nitrogens with zero attached hydrogens (tertiary/aromatic N) is 1. The maximum atomic E-state index is 12.9. The highest BCUT2D eigenvalue weighted by Gasteiger charge is 2.35. The summed E-state index contributed by atoms with van der Waals surface area (Å²) in [7, 11) is -2.39. The highest BCUT2D eigenvalue weighted by molar-refractivity contribution is 7.89. The first-order valence-corrected chi connectivity index (χ1v) is 9.22. The van der Waals surface area contributed by atoms with Crippen molar-refractivity contribution in [3.05, 3.63) is 23.2 Å². The number of piperidine rings is 1. The normalized spacial score (nSPS) is 19.3. The molecule has 1 aromatic carbocycles. The molecule has 0 aliphatic carbocycles. The maximum absolute atomic E-state index is 12.9. The van der Waals surface area contributed by atoms with E-state index in [1.54, 1.807) is 13.0 Å². The largest absolute Gasteiger partial charge is 0.495 e. The number of sulfonamides is 1. The Balaban J connectivity index is 2.29. The van der Waals surface area contributed by atoms with E-state index < -0.39 is 15.9 Å². The Morgan fingerprint density at radius 2 is 2.17 bits per heavy atom. The number of ether oxygens (including phenoxy) is 2. The molecule has 1 aliphatic rings. The first kappa shape index (κ1) is 18.0. The van der Waals surface area contributed by atoms with Gasteiger partial charge in [-0.25, -0.2) is 8.42 Å². The van der Waals surface area contributed by atoms with E-state index in [4.69, 9.17) is 21.1 Å². The smallest absolute Gasteiger partial charge is 0.310 e. The average molecular weight is 362 g/mol. The number of carbonyl (C=O) groups excluding carboxylic acids is 1. The van der Waals surface area contributed by atoms with Crippen molar-refractivity contribution in [2.24, 2.45) is 5.92 Å². The van der Waals surface area contributed by atoms with Crippen LogP contribution in [-0.4, -0.2) is 45.5 Å². The van der Waals surface area contributed by atoms with Gasteiger partial charge in [0.2, 0.25) is 10.0 Å². The minimum atomic E-state index is -3.79. The zero-order valence-corrected chi connectivity index (χ0v) is 14.7. The Morgan fingerprint density at radius 1 is 1.43 bits per heavy atom. The van der Waals surface area contributed by atoms with E-state index in [1.165, 1.54) is 23.5 Å². The lowest BCUT2D eigenvalue weighted by Crippen LogP contribution is -2.42. The molecule has 1 aliphatic heterocycles. The Kier molecular flexibility index (Phi) is 5.89. The fourth-order valence-corrected chi connectivity index (χ4v) is 4.55. The molecule has 1 aromatic rings. The Morgan fingerprint density at radius 3 is 2.83 bits per heavy atom. The fourth-order valence-electron chi connectivity index (χ4n) is 2.60. The molecule has 0 amide bonds. The van der Waals surface area contributed by atoms with Gasteiger partial charge in [0.05, 0.1) is 19.6 Å².